The molecule has 0 radical (unpaired) electrons. The molecule has 0 N–H and O–H groups in total. The molecule has 0 heterocycles. The summed E-state index contributed by atoms with van der Waals surface area (Å²) in [5.74, 6) is 0. The molecule has 2 aromatic carbocycles. The monoisotopic (exact) mass is 362 g/mol. The van der Waals surface area contributed by atoms with Gasteiger partial charge in [0.05, 0.1) is 11.5 Å². The Hall–Kier alpha value is -1.98. The highest BCUT2D eigenvalue weighted by molar-refractivity contribution is 7.86. The van der Waals surface area contributed by atoms with Gasteiger partial charge in [-0.2, -0.15) is 8.42 Å². The molecule has 0 aliphatic rings. The Bertz CT molecular complexity index is 799. The zero-order valence-corrected chi connectivity index (χ0v) is 15.3. The minimum atomic E-state index is -3.81. The second kappa shape index (κ2) is 8.41. The van der Waals surface area contributed by atoms with E-state index in [1.807, 2.05) is 13.0 Å². The van der Waals surface area contributed by atoms with Gasteiger partial charge in [-0.15, -0.1) is 0 Å². The van der Waals surface area contributed by atoms with Crippen LogP contribution in [0.3, 0.4) is 0 Å². The van der Waals surface area contributed by atoms with Crippen molar-refractivity contribution in [2.45, 2.75) is 37.3 Å². The largest absolute Gasteiger partial charge is 0.296 e. The summed E-state index contributed by atoms with van der Waals surface area (Å²) in [5.41, 5.74) is -0.114. The molecule has 0 aliphatic heterocycles. The average Bonchev–Trinajstić information content (AvgIpc) is 2.60. The van der Waals surface area contributed by atoms with Crippen LogP contribution in [0.2, 0.25) is 0 Å². The molecule has 0 fully saturated rings. The molecule has 0 bridgehead atoms. The van der Waals surface area contributed by atoms with E-state index < -0.39 is 15.8 Å². The lowest BCUT2D eigenvalue weighted by molar-refractivity contribution is 0.193. The number of hydrogen-bond donors (Lipinski definition) is 0. The summed E-state index contributed by atoms with van der Waals surface area (Å²) in [4.78, 5) is 0.112. The number of benzene rings is 2. The number of halogens is 1. The highest BCUT2D eigenvalue weighted by Gasteiger charge is 2.28. The van der Waals surface area contributed by atoms with Crippen LogP contribution in [-0.2, 0) is 20.0 Å². The first-order valence-electron chi connectivity index (χ1n) is 8.22. The van der Waals surface area contributed by atoms with Crippen molar-refractivity contribution in [2.75, 3.05) is 6.61 Å². The molecular weight excluding hydrogens is 339 g/mol. The summed E-state index contributed by atoms with van der Waals surface area (Å²) in [7, 11) is -3.81. The van der Waals surface area contributed by atoms with E-state index in [1.165, 1.54) is 18.2 Å². The molecule has 5 heteroatoms. The molecule has 1 atom stereocenters. The summed E-state index contributed by atoms with van der Waals surface area (Å²) in [6.45, 7) is 3.57. The zero-order chi connectivity index (χ0) is 18.3. The molecule has 25 heavy (non-hydrogen) atoms. The average molecular weight is 362 g/mol. The van der Waals surface area contributed by atoms with Crippen molar-refractivity contribution in [3.05, 3.63) is 77.9 Å². The zero-order valence-electron chi connectivity index (χ0n) is 14.5. The molecule has 0 saturated heterocycles. The summed E-state index contributed by atoms with van der Waals surface area (Å²) in [5, 5.41) is 0. The Morgan fingerprint density at radius 3 is 2.32 bits per heavy atom. The smallest absolute Gasteiger partial charge is 0.266 e. The van der Waals surface area contributed by atoms with E-state index in [4.69, 9.17) is 4.18 Å². The van der Waals surface area contributed by atoms with E-state index in [1.54, 1.807) is 49.4 Å². The number of alkyl halides is 1. The van der Waals surface area contributed by atoms with Crippen molar-refractivity contribution < 1.29 is 17.0 Å². The van der Waals surface area contributed by atoms with Crippen LogP contribution in [0.1, 0.15) is 30.9 Å². The fraction of sp³-hybridized carbons (Fsp3) is 0.300. The third-order valence-electron chi connectivity index (χ3n) is 3.92. The van der Waals surface area contributed by atoms with E-state index in [9.17, 15) is 8.42 Å². The molecular formula is C20H23FO3S. The molecule has 0 amide bonds. The lowest BCUT2D eigenvalue weighted by Crippen LogP contribution is -2.18. The van der Waals surface area contributed by atoms with Crippen LogP contribution >= 0.6 is 0 Å². The third-order valence-corrected chi connectivity index (χ3v) is 5.24. The number of aryl methyl sites for hydroxylation is 1. The van der Waals surface area contributed by atoms with Crippen LogP contribution in [0.25, 0.3) is 0 Å². The van der Waals surface area contributed by atoms with Crippen LogP contribution in [0.15, 0.2) is 71.6 Å². The second-order valence-electron chi connectivity index (χ2n) is 5.92. The van der Waals surface area contributed by atoms with Gasteiger partial charge < -0.3 is 0 Å². The molecule has 2 rings (SSSR count). The summed E-state index contributed by atoms with van der Waals surface area (Å²) >= 11 is 0. The molecule has 0 aliphatic carbocycles. The maximum Gasteiger partial charge on any atom is 0.296 e. The van der Waals surface area contributed by atoms with Crippen LogP contribution in [-0.4, -0.2) is 15.0 Å². The van der Waals surface area contributed by atoms with Gasteiger partial charge in [-0.3, -0.25) is 4.18 Å². The van der Waals surface area contributed by atoms with Gasteiger partial charge in [0, 0.05) is 0 Å². The molecule has 3 nitrogen and oxygen atoms in total. The summed E-state index contributed by atoms with van der Waals surface area (Å²) < 4.78 is 44.5. The minimum Gasteiger partial charge on any atom is -0.266 e. The first kappa shape index (κ1) is 19.3. The first-order valence-corrected chi connectivity index (χ1v) is 9.62. The van der Waals surface area contributed by atoms with Crippen LogP contribution in [0, 0.1) is 6.92 Å². The Labute approximate surface area is 149 Å². The van der Waals surface area contributed by atoms with Crippen molar-refractivity contribution in [1.82, 2.24) is 0 Å². The molecule has 1 unspecified atom stereocenters. The lowest BCUT2D eigenvalue weighted by Gasteiger charge is -2.22. The van der Waals surface area contributed by atoms with Gasteiger partial charge in [0.1, 0.15) is 0 Å². The highest BCUT2D eigenvalue weighted by Crippen LogP contribution is 2.33. The maximum atomic E-state index is 15.2. The van der Waals surface area contributed by atoms with Crippen LogP contribution in [0.4, 0.5) is 4.39 Å². The summed E-state index contributed by atoms with van der Waals surface area (Å²) in [6.07, 6.45) is 3.58. The van der Waals surface area contributed by atoms with E-state index in [-0.39, 0.29) is 24.3 Å². The fourth-order valence-corrected chi connectivity index (χ4v) is 3.52. The normalized spacial score (nSPS) is 14.5. The number of hydrogen-bond acceptors (Lipinski definition) is 3. The summed E-state index contributed by atoms with van der Waals surface area (Å²) in [6, 6.07) is 15.3. The predicted molar refractivity (Wildman–Crippen MR) is 97.6 cm³/mol. The van der Waals surface area contributed by atoms with Crippen molar-refractivity contribution in [3.8, 4) is 0 Å². The highest BCUT2D eigenvalue weighted by atomic mass is 32.2. The van der Waals surface area contributed by atoms with Gasteiger partial charge in [-0.1, -0.05) is 54.1 Å². The standard InChI is InChI=1S/C20H23FO3S/c1-3-14-20(21,18-8-5-4-6-9-18)15-7-16-24-25(22,23)19-12-10-17(2)11-13-19/h3-6,8-14H,7,15-16H2,1-2H3/b14-3+. The quantitative estimate of drug-likeness (QED) is 0.380. The second-order valence-corrected chi connectivity index (χ2v) is 7.54. The Kier molecular flexibility index (Phi) is 6.51. The van der Waals surface area contributed by atoms with Gasteiger partial charge in [-0.05, 0) is 50.5 Å². The lowest BCUT2D eigenvalue weighted by atomic mass is 9.90. The molecule has 0 spiro atoms. The van der Waals surface area contributed by atoms with Gasteiger partial charge in [0.15, 0.2) is 5.67 Å². The van der Waals surface area contributed by atoms with Crippen molar-refractivity contribution in [1.29, 1.82) is 0 Å². The predicted octanol–water partition coefficient (Wildman–Crippen LogP) is 4.92. The fourth-order valence-electron chi connectivity index (χ4n) is 2.57. The van der Waals surface area contributed by atoms with E-state index in [0.717, 1.165) is 5.56 Å². The molecule has 0 saturated carbocycles. The van der Waals surface area contributed by atoms with Gasteiger partial charge in [0.2, 0.25) is 0 Å². The first-order chi connectivity index (χ1) is 11.9. The molecule has 2 aromatic rings. The molecule has 134 valence electrons. The van der Waals surface area contributed by atoms with E-state index in [2.05, 4.69) is 0 Å². The van der Waals surface area contributed by atoms with Crippen molar-refractivity contribution in [2.24, 2.45) is 0 Å². The Morgan fingerprint density at radius 2 is 1.72 bits per heavy atom. The van der Waals surface area contributed by atoms with Crippen LogP contribution in [0.5, 0.6) is 0 Å². The minimum absolute atomic E-state index is 0.0632. The molecule has 0 aromatic heterocycles. The van der Waals surface area contributed by atoms with Gasteiger partial charge >= 0.3 is 0 Å². The Balaban J connectivity index is 1.97. The van der Waals surface area contributed by atoms with Crippen LogP contribution < -0.4 is 0 Å². The van der Waals surface area contributed by atoms with Gasteiger partial charge in [-0.25, -0.2) is 4.39 Å². The third kappa shape index (κ3) is 5.25. The van der Waals surface area contributed by atoms with E-state index >= 15 is 4.39 Å². The van der Waals surface area contributed by atoms with E-state index in [0.29, 0.717) is 5.56 Å². The Morgan fingerprint density at radius 1 is 1.08 bits per heavy atom. The topological polar surface area (TPSA) is 43.4 Å². The van der Waals surface area contributed by atoms with Gasteiger partial charge in [0.25, 0.3) is 10.1 Å². The van der Waals surface area contributed by atoms with Crippen molar-refractivity contribution >= 4 is 10.1 Å². The number of allylic oxidation sites excluding steroid dienone is 2. The maximum absolute atomic E-state index is 15.2. The SMILES string of the molecule is C/C=C/C(F)(CCCOS(=O)(=O)c1ccc(C)cc1)c1ccccc1. The number of rotatable bonds is 8. The van der Waals surface area contributed by atoms with Crippen molar-refractivity contribution in [3.63, 3.8) is 0 Å².